The molecule has 4 rings (SSSR count). The first kappa shape index (κ1) is 18.5. The minimum Gasteiger partial charge on any atom is -0.369 e. The van der Waals surface area contributed by atoms with Crippen molar-refractivity contribution in [1.82, 2.24) is 9.88 Å². The Bertz CT molecular complexity index is 861. The first-order valence-corrected chi connectivity index (χ1v) is 10.1. The van der Waals surface area contributed by atoms with E-state index < -0.39 is 0 Å². The van der Waals surface area contributed by atoms with Crippen LogP contribution in [-0.2, 0) is 11.2 Å². The van der Waals surface area contributed by atoms with Crippen LogP contribution >= 0.6 is 0 Å². The Morgan fingerprint density at radius 2 is 1.82 bits per heavy atom. The minimum atomic E-state index is -0.0529. The lowest BCUT2D eigenvalue weighted by atomic mass is 10.1. The molecule has 2 aliphatic rings. The van der Waals surface area contributed by atoms with Gasteiger partial charge in [0, 0.05) is 44.5 Å². The number of benzene rings is 1. The van der Waals surface area contributed by atoms with E-state index in [9.17, 15) is 9.59 Å². The van der Waals surface area contributed by atoms with Gasteiger partial charge in [-0.25, -0.2) is 4.98 Å². The lowest BCUT2D eigenvalue weighted by Crippen LogP contribution is -2.36. The highest BCUT2D eigenvalue weighted by molar-refractivity contribution is 6.10. The van der Waals surface area contributed by atoms with Gasteiger partial charge < -0.3 is 15.1 Å². The Hall–Kier alpha value is -2.89. The standard InChI is InChI=1S/C22H26N4O2/c27-20(25-14-4-1-5-15-25)10-13-24-21-18(8-6-12-23-21)22(28)26-16-11-17-7-2-3-9-19(17)26/h2-3,6-9,12H,1,4-5,10-11,13-16H2,(H,23,24). The summed E-state index contributed by atoms with van der Waals surface area (Å²) in [6, 6.07) is 11.6. The molecule has 1 aromatic heterocycles. The van der Waals surface area contributed by atoms with Crippen molar-refractivity contribution in [2.24, 2.45) is 0 Å². The van der Waals surface area contributed by atoms with Gasteiger partial charge in [0.25, 0.3) is 5.91 Å². The van der Waals surface area contributed by atoms with E-state index in [1.54, 1.807) is 18.3 Å². The molecule has 1 fully saturated rings. The average molecular weight is 378 g/mol. The number of para-hydroxylation sites is 1. The van der Waals surface area contributed by atoms with E-state index in [0.717, 1.165) is 38.0 Å². The average Bonchev–Trinajstić information content (AvgIpc) is 3.18. The van der Waals surface area contributed by atoms with Crippen molar-refractivity contribution in [3.05, 3.63) is 53.7 Å². The molecule has 6 nitrogen and oxygen atoms in total. The number of fused-ring (bicyclic) bond motifs is 1. The van der Waals surface area contributed by atoms with Crippen LogP contribution in [-0.4, -0.2) is 47.9 Å². The third-order valence-electron chi connectivity index (χ3n) is 5.51. The quantitative estimate of drug-likeness (QED) is 0.868. The minimum absolute atomic E-state index is 0.0529. The van der Waals surface area contributed by atoms with Gasteiger partial charge in [-0.05, 0) is 49.4 Å². The number of hydrogen-bond acceptors (Lipinski definition) is 4. The lowest BCUT2D eigenvalue weighted by Gasteiger charge is -2.26. The molecule has 0 saturated carbocycles. The molecule has 1 N–H and O–H groups in total. The largest absolute Gasteiger partial charge is 0.369 e. The molecule has 3 heterocycles. The van der Waals surface area contributed by atoms with E-state index in [1.807, 2.05) is 28.0 Å². The van der Waals surface area contributed by atoms with E-state index in [4.69, 9.17) is 0 Å². The number of nitrogens with one attached hydrogen (secondary N) is 1. The van der Waals surface area contributed by atoms with Crippen LogP contribution in [0.5, 0.6) is 0 Å². The third-order valence-corrected chi connectivity index (χ3v) is 5.51. The predicted octanol–water partition coefficient (Wildman–Crippen LogP) is 3.10. The highest BCUT2D eigenvalue weighted by Gasteiger charge is 2.27. The first-order valence-electron chi connectivity index (χ1n) is 10.1. The fraction of sp³-hybridized carbons (Fsp3) is 0.409. The second-order valence-corrected chi connectivity index (χ2v) is 7.35. The topological polar surface area (TPSA) is 65.5 Å². The van der Waals surface area contributed by atoms with Gasteiger partial charge in [0.1, 0.15) is 5.82 Å². The van der Waals surface area contributed by atoms with Gasteiger partial charge in [-0.1, -0.05) is 18.2 Å². The molecule has 0 aliphatic carbocycles. The smallest absolute Gasteiger partial charge is 0.262 e. The van der Waals surface area contributed by atoms with Crippen molar-refractivity contribution >= 4 is 23.3 Å². The summed E-state index contributed by atoms with van der Waals surface area (Å²) in [7, 11) is 0. The number of hydrogen-bond donors (Lipinski definition) is 1. The van der Waals surface area contributed by atoms with Gasteiger partial charge in [-0.3, -0.25) is 9.59 Å². The van der Waals surface area contributed by atoms with Crippen LogP contribution in [0.4, 0.5) is 11.5 Å². The number of pyridine rings is 1. The van der Waals surface area contributed by atoms with Crippen LogP contribution in [0.3, 0.4) is 0 Å². The van der Waals surface area contributed by atoms with Crippen molar-refractivity contribution in [3.63, 3.8) is 0 Å². The molecule has 1 saturated heterocycles. The number of likely N-dealkylation sites (tertiary alicyclic amines) is 1. The maximum absolute atomic E-state index is 13.1. The van der Waals surface area contributed by atoms with Gasteiger partial charge in [-0.15, -0.1) is 0 Å². The van der Waals surface area contributed by atoms with Gasteiger partial charge in [0.2, 0.25) is 5.91 Å². The molecule has 0 bridgehead atoms. The number of carbonyl (C=O) groups is 2. The predicted molar refractivity (Wildman–Crippen MR) is 110 cm³/mol. The van der Waals surface area contributed by atoms with Gasteiger partial charge >= 0.3 is 0 Å². The molecule has 6 heteroatoms. The summed E-state index contributed by atoms with van der Waals surface area (Å²) in [4.78, 5) is 33.6. The Labute approximate surface area is 165 Å². The van der Waals surface area contributed by atoms with Crippen molar-refractivity contribution in [2.45, 2.75) is 32.1 Å². The number of anilines is 2. The van der Waals surface area contributed by atoms with Gasteiger partial charge in [0.05, 0.1) is 5.56 Å². The third kappa shape index (κ3) is 3.86. The van der Waals surface area contributed by atoms with Crippen LogP contribution in [0.15, 0.2) is 42.6 Å². The van der Waals surface area contributed by atoms with E-state index >= 15 is 0 Å². The fourth-order valence-corrected chi connectivity index (χ4v) is 4.00. The van der Waals surface area contributed by atoms with Crippen LogP contribution < -0.4 is 10.2 Å². The zero-order valence-electron chi connectivity index (χ0n) is 16.1. The van der Waals surface area contributed by atoms with Crippen molar-refractivity contribution in [3.8, 4) is 0 Å². The normalized spacial score (nSPS) is 16.0. The number of nitrogens with zero attached hydrogens (tertiary/aromatic N) is 3. The number of piperidine rings is 1. The fourth-order valence-electron chi connectivity index (χ4n) is 4.00. The molecule has 0 radical (unpaired) electrons. The lowest BCUT2D eigenvalue weighted by molar-refractivity contribution is -0.131. The van der Waals surface area contributed by atoms with Crippen molar-refractivity contribution in [1.29, 1.82) is 0 Å². The number of aromatic nitrogens is 1. The molecule has 0 spiro atoms. The Balaban J connectivity index is 1.41. The molecule has 2 amide bonds. The van der Waals surface area contributed by atoms with Crippen molar-refractivity contribution < 1.29 is 9.59 Å². The number of carbonyl (C=O) groups excluding carboxylic acids is 2. The first-order chi connectivity index (χ1) is 13.7. The Morgan fingerprint density at radius 3 is 2.68 bits per heavy atom. The Morgan fingerprint density at radius 1 is 1.00 bits per heavy atom. The SMILES string of the molecule is O=C(CCNc1ncccc1C(=O)N1CCc2ccccc21)N1CCCCC1. The molecule has 0 atom stereocenters. The van der Waals surface area contributed by atoms with Crippen LogP contribution in [0.2, 0.25) is 0 Å². The summed E-state index contributed by atoms with van der Waals surface area (Å²) >= 11 is 0. The summed E-state index contributed by atoms with van der Waals surface area (Å²) < 4.78 is 0. The summed E-state index contributed by atoms with van der Waals surface area (Å²) in [5.74, 6) is 0.663. The highest BCUT2D eigenvalue weighted by atomic mass is 16.2. The Kier molecular flexibility index (Phi) is 5.55. The second-order valence-electron chi connectivity index (χ2n) is 7.35. The number of rotatable bonds is 5. The van der Waals surface area contributed by atoms with Crippen LogP contribution in [0, 0.1) is 0 Å². The highest BCUT2D eigenvalue weighted by Crippen LogP contribution is 2.29. The molecule has 28 heavy (non-hydrogen) atoms. The van der Waals surface area contributed by atoms with E-state index in [2.05, 4.69) is 16.4 Å². The van der Waals surface area contributed by atoms with E-state index in [1.165, 1.54) is 12.0 Å². The second kappa shape index (κ2) is 8.42. The molecular formula is C22H26N4O2. The molecule has 146 valence electrons. The maximum Gasteiger partial charge on any atom is 0.262 e. The van der Waals surface area contributed by atoms with Crippen LogP contribution in [0.1, 0.15) is 41.6 Å². The van der Waals surface area contributed by atoms with E-state index in [0.29, 0.717) is 30.9 Å². The zero-order chi connectivity index (χ0) is 19.3. The molecule has 0 unspecified atom stereocenters. The van der Waals surface area contributed by atoms with E-state index in [-0.39, 0.29) is 11.8 Å². The maximum atomic E-state index is 13.1. The molecule has 2 aliphatic heterocycles. The van der Waals surface area contributed by atoms with Crippen molar-refractivity contribution in [2.75, 3.05) is 36.4 Å². The summed E-state index contributed by atoms with van der Waals surface area (Å²) in [6.07, 6.45) is 6.35. The zero-order valence-corrected chi connectivity index (χ0v) is 16.1. The molecule has 2 aromatic rings. The summed E-state index contributed by atoms with van der Waals surface area (Å²) in [6.45, 7) is 2.88. The van der Waals surface area contributed by atoms with Gasteiger partial charge in [0.15, 0.2) is 0 Å². The van der Waals surface area contributed by atoms with Crippen LogP contribution in [0.25, 0.3) is 0 Å². The molecular weight excluding hydrogens is 352 g/mol. The summed E-state index contributed by atoms with van der Waals surface area (Å²) in [5.41, 5.74) is 2.72. The number of amides is 2. The monoisotopic (exact) mass is 378 g/mol. The van der Waals surface area contributed by atoms with Gasteiger partial charge in [-0.2, -0.15) is 0 Å². The summed E-state index contributed by atoms with van der Waals surface area (Å²) in [5, 5.41) is 3.21. The molecule has 1 aromatic carbocycles.